The Morgan fingerprint density at radius 1 is 1.20 bits per heavy atom. The van der Waals surface area contributed by atoms with Gasteiger partial charge < -0.3 is 16.0 Å². The number of amides is 1. The first-order chi connectivity index (χ1) is 12.2. The maximum Gasteiger partial charge on any atom is 0.216 e. The van der Waals surface area contributed by atoms with Crippen LogP contribution in [0.25, 0.3) is 0 Å². The molecule has 1 aromatic rings. The van der Waals surface area contributed by atoms with Gasteiger partial charge in [0.15, 0.2) is 5.96 Å². The number of rotatable bonds is 7. The Kier molecular flexibility index (Phi) is 8.25. The zero-order chi connectivity index (χ0) is 17.9. The fraction of sp³-hybridized carbons (Fsp3) is 0.579. The molecule has 6 nitrogen and oxygen atoms in total. The van der Waals surface area contributed by atoms with Crippen LogP contribution in [0.5, 0.6) is 0 Å². The lowest BCUT2D eigenvalue weighted by Crippen LogP contribution is -2.48. The number of guanidine groups is 1. The number of benzene rings is 1. The third-order valence-corrected chi connectivity index (χ3v) is 4.28. The van der Waals surface area contributed by atoms with Crippen molar-refractivity contribution < 1.29 is 4.79 Å². The van der Waals surface area contributed by atoms with Crippen molar-refractivity contribution in [3.8, 4) is 0 Å². The molecule has 0 atom stereocenters. The summed E-state index contributed by atoms with van der Waals surface area (Å²) in [6.45, 7) is 8.79. The molecule has 0 spiro atoms. The number of nitrogens with zero attached hydrogens (tertiary/aromatic N) is 2. The van der Waals surface area contributed by atoms with E-state index in [1.165, 1.54) is 12.5 Å². The van der Waals surface area contributed by atoms with E-state index in [1.54, 1.807) is 0 Å². The van der Waals surface area contributed by atoms with Crippen molar-refractivity contribution in [1.29, 1.82) is 0 Å². The normalized spacial score (nSPS) is 16.5. The highest BCUT2D eigenvalue weighted by atomic mass is 16.1. The summed E-state index contributed by atoms with van der Waals surface area (Å²) in [6.07, 6.45) is 2.23. The maximum absolute atomic E-state index is 10.9. The summed E-state index contributed by atoms with van der Waals surface area (Å²) < 4.78 is 0. The summed E-state index contributed by atoms with van der Waals surface area (Å²) in [5.41, 5.74) is 1.38. The van der Waals surface area contributed by atoms with Gasteiger partial charge in [0.05, 0.1) is 6.54 Å². The quantitative estimate of drug-likeness (QED) is 0.396. The summed E-state index contributed by atoms with van der Waals surface area (Å²) >= 11 is 0. The molecule has 0 saturated carbocycles. The number of nitrogens with one attached hydrogen (secondary N) is 3. The van der Waals surface area contributed by atoms with Gasteiger partial charge in [0.1, 0.15) is 0 Å². The highest BCUT2D eigenvalue weighted by molar-refractivity contribution is 5.80. The second-order valence-corrected chi connectivity index (χ2v) is 6.42. The number of hydrogen-bond donors (Lipinski definition) is 3. The molecule has 1 amide bonds. The molecule has 1 heterocycles. The van der Waals surface area contributed by atoms with E-state index in [4.69, 9.17) is 0 Å². The molecule has 0 aliphatic carbocycles. The van der Waals surface area contributed by atoms with Crippen LogP contribution in [0.4, 0.5) is 0 Å². The molecule has 25 heavy (non-hydrogen) atoms. The van der Waals surface area contributed by atoms with Gasteiger partial charge in [0, 0.05) is 45.7 Å². The van der Waals surface area contributed by atoms with Crippen molar-refractivity contribution in [2.24, 2.45) is 4.99 Å². The number of hydrogen-bond acceptors (Lipinski definition) is 3. The Labute approximate surface area is 151 Å². The van der Waals surface area contributed by atoms with Gasteiger partial charge in [-0.25, -0.2) is 0 Å². The third kappa shape index (κ3) is 7.56. The lowest BCUT2D eigenvalue weighted by Gasteiger charge is -2.33. The maximum atomic E-state index is 10.9. The van der Waals surface area contributed by atoms with Gasteiger partial charge in [-0.15, -0.1) is 0 Å². The molecule has 2 rings (SSSR count). The van der Waals surface area contributed by atoms with E-state index in [9.17, 15) is 4.79 Å². The van der Waals surface area contributed by atoms with E-state index in [0.717, 1.165) is 45.0 Å². The first-order valence-corrected chi connectivity index (χ1v) is 9.23. The highest BCUT2D eigenvalue weighted by Crippen LogP contribution is 2.13. The van der Waals surface area contributed by atoms with E-state index < -0.39 is 0 Å². The molecule has 0 bridgehead atoms. The standard InChI is InChI=1S/C19H31N5O/c1-3-20-19(22-12-11-21-16(2)25)23-18-9-13-24(14-10-18)15-17-7-5-4-6-8-17/h4-8,18H,3,9-15H2,1-2H3,(H,21,25)(H2,20,22,23). The zero-order valence-corrected chi connectivity index (χ0v) is 15.4. The van der Waals surface area contributed by atoms with Crippen molar-refractivity contribution in [3.05, 3.63) is 35.9 Å². The van der Waals surface area contributed by atoms with Crippen LogP contribution in [0.1, 0.15) is 32.3 Å². The predicted octanol–water partition coefficient (Wildman–Crippen LogP) is 1.34. The summed E-state index contributed by atoms with van der Waals surface area (Å²) in [5, 5.41) is 9.58. The molecule has 0 radical (unpaired) electrons. The molecule has 3 N–H and O–H groups in total. The Balaban J connectivity index is 1.74. The lowest BCUT2D eigenvalue weighted by molar-refractivity contribution is -0.118. The Bertz CT molecular complexity index is 538. The molecule has 1 aromatic carbocycles. The first-order valence-electron chi connectivity index (χ1n) is 9.23. The number of carbonyl (C=O) groups is 1. The molecule has 6 heteroatoms. The molecule has 1 aliphatic heterocycles. The Morgan fingerprint density at radius 2 is 1.92 bits per heavy atom. The Hall–Kier alpha value is -2.08. The second-order valence-electron chi connectivity index (χ2n) is 6.42. The topological polar surface area (TPSA) is 68.8 Å². The molecule has 1 fully saturated rings. The molecule has 1 aliphatic rings. The molecule has 0 unspecified atom stereocenters. The van der Waals surface area contributed by atoms with E-state index in [1.807, 2.05) is 0 Å². The van der Waals surface area contributed by atoms with Crippen LogP contribution in [-0.4, -0.2) is 55.5 Å². The van der Waals surface area contributed by atoms with Crippen molar-refractivity contribution >= 4 is 11.9 Å². The number of likely N-dealkylation sites (tertiary alicyclic amines) is 1. The number of piperidine rings is 1. The van der Waals surface area contributed by atoms with Crippen LogP contribution in [0.2, 0.25) is 0 Å². The van der Waals surface area contributed by atoms with Crippen molar-refractivity contribution in [2.45, 2.75) is 39.3 Å². The van der Waals surface area contributed by atoms with Gasteiger partial charge in [-0.1, -0.05) is 30.3 Å². The van der Waals surface area contributed by atoms with Crippen LogP contribution in [0.15, 0.2) is 35.3 Å². The van der Waals surface area contributed by atoms with Gasteiger partial charge in [-0.05, 0) is 25.3 Å². The van der Waals surface area contributed by atoms with Gasteiger partial charge in [0.25, 0.3) is 0 Å². The smallest absolute Gasteiger partial charge is 0.216 e. The summed E-state index contributed by atoms with van der Waals surface area (Å²) in [5.74, 6) is 0.827. The average molecular weight is 345 g/mol. The second kappa shape index (κ2) is 10.7. The monoisotopic (exact) mass is 345 g/mol. The van der Waals surface area contributed by atoms with Crippen molar-refractivity contribution in [1.82, 2.24) is 20.9 Å². The minimum absolute atomic E-state index is 0.0149. The van der Waals surface area contributed by atoms with Crippen molar-refractivity contribution in [3.63, 3.8) is 0 Å². The van der Waals surface area contributed by atoms with Crippen LogP contribution in [-0.2, 0) is 11.3 Å². The minimum Gasteiger partial charge on any atom is -0.357 e. The SMILES string of the molecule is CCNC(=NCCNC(C)=O)NC1CCN(Cc2ccccc2)CC1. The zero-order valence-electron chi connectivity index (χ0n) is 15.4. The van der Waals surface area contributed by atoms with Gasteiger partial charge >= 0.3 is 0 Å². The highest BCUT2D eigenvalue weighted by Gasteiger charge is 2.19. The predicted molar refractivity (Wildman–Crippen MR) is 103 cm³/mol. The first kappa shape index (κ1) is 19.2. The van der Waals surface area contributed by atoms with E-state index in [2.05, 4.69) is 63.1 Å². The Morgan fingerprint density at radius 3 is 2.56 bits per heavy atom. The van der Waals surface area contributed by atoms with Gasteiger partial charge in [0.2, 0.25) is 5.91 Å². The van der Waals surface area contributed by atoms with E-state index in [0.29, 0.717) is 19.1 Å². The van der Waals surface area contributed by atoms with Crippen LogP contribution >= 0.6 is 0 Å². The summed E-state index contributed by atoms with van der Waals surface area (Å²) in [6, 6.07) is 11.1. The molecule has 138 valence electrons. The van der Waals surface area contributed by atoms with Crippen LogP contribution in [0.3, 0.4) is 0 Å². The average Bonchev–Trinajstić information content (AvgIpc) is 2.61. The van der Waals surface area contributed by atoms with Crippen LogP contribution < -0.4 is 16.0 Å². The lowest BCUT2D eigenvalue weighted by atomic mass is 10.0. The molecule has 0 aromatic heterocycles. The summed E-state index contributed by atoms with van der Waals surface area (Å²) in [7, 11) is 0. The van der Waals surface area contributed by atoms with Crippen molar-refractivity contribution in [2.75, 3.05) is 32.7 Å². The number of carbonyl (C=O) groups excluding carboxylic acids is 1. The van der Waals surface area contributed by atoms with Crippen LogP contribution in [0, 0.1) is 0 Å². The van der Waals surface area contributed by atoms with E-state index >= 15 is 0 Å². The number of aliphatic imine (C=N–C) groups is 1. The third-order valence-electron chi connectivity index (χ3n) is 4.28. The summed E-state index contributed by atoms with van der Waals surface area (Å²) in [4.78, 5) is 17.9. The van der Waals surface area contributed by atoms with E-state index in [-0.39, 0.29) is 5.91 Å². The van der Waals surface area contributed by atoms with Gasteiger partial charge in [-0.2, -0.15) is 0 Å². The molecule has 1 saturated heterocycles. The fourth-order valence-corrected chi connectivity index (χ4v) is 2.99. The largest absolute Gasteiger partial charge is 0.357 e. The minimum atomic E-state index is -0.0149. The molecular formula is C19H31N5O. The fourth-order valence-electron chi connectivity index (χ4n) is 2.99. The molecular weight excluding hydrogens is 314 g/mol. The van der Waals surface area contributed by atoms with Gasteiger partial charge in [-0.3, -0.25) is 14.7 Å².